The molecule has 1 saturated heterocycles. The van der Waals surface area contributed by atoms with Gasteiger partial charge in [0.25, 0.3) is 5.91 Å². The number of nitrogens with one attached hydrogen (secondary N) is 1. The zero-order valence-corrected chi connectivity index (χ0v) is 13.8. The Morgan fingerprint density at radius 3 is 2.96 bits per heavy atom. The molecule has 0 aromatic carbocycles. The Bertz CT molecular complexity index is 657. The zero-order valence-electron chi connectivity index (χ0n) is 13.0. The summed E-state index contributed by atoms with van der Waals surface area (Å²) in [4.78, 5) is 16.1. The Morgan fingerprint density at radius 1 is 1.43 bits per heavy atom. The van der Waals surface area contributed by atoms with Crippen molar-refractivity contribution in [3.8, 4) is 0 Å². The summed E-state index contributed by atoms with van der Waals surface area (Å²) in [5.74, 6) is 1.19. The fourth-order valence-corrected chi connectivity index (χ4v) is 4.04. The lowest BCUT2D eigenvalue weighted by Gasteiger charge is -2.26. The molecule has 2 fully saturated rings. The third kappa shape index (κ3) is 3.33. The van der Waals surface area contributed by atoms with Gasteiger partial charge < -0.3 is 9.84 Å². The SMILES string of the molecule is O=C(NCC(c1cccs1)N1CCCC1)c1cc(C2CC2)on1. The van der Waals surface area contributed by atoms with Crippen LogP contribution in [0.15, 0.2) is 28.1 Å². The molecule has 1 saturated carbocycles. The van der Waals surface area contributed by atoms with Crippen LogP contribution in [-0.4, -0.2) is 35.6 Å². The molecule has 23 heavy (non-hydrogen) atoms. The smallest absolute Gasteiger partial charge is 0.273 e. The van der Waals surface area contributed by atoms with E-state index in [0.29, 0.717) is 18.2 Å². The van der Waals surface area contributed by atoms with Gasteiger partial charge in [-0.15, -0.1) is 11.3 Å². The molecule has 1 amide bonds. The van der Waals surface area contributed by atoms with Crippen molar-refractivity contribution in [2.24, 2.45) is 0 Å². The van der Waals surface area contributed by atoms with Crippen molar-refractivity contribution in [1.29, 1.82) is 0 Å². The van der Waals surface area contributed by atoms with Crippen molar-refractivity contribution in [2.75, 3.05) is 19.6 Å². The molecule has 1 unspecified atom stereocenters. The van der Waals surface area contributed by atoms with Crippen LogP contribution in [0.3, 0.4) is 0 Å². The first-order chi connectivity index (χ1) is 11.3. The molecule has 5 nitrogen and oxygen atoms in total. The first-order valence-corrected chi connectivity index (χ1v) is 9.21. The molecule has 6 heteroatoms. The zero-order chi connectivity index (χ0) is 15.6. The van der Waals surface area contributed by atoms with E-state index in [4.69, 9.17) is 4.52 Å². The average molecular weight is 331 g/mol. The minimum absolute atomic E-state index is 0.138. The molecule has 2 aromatic heterocycles. The van der Waals surface area contributed by atoms with E-state index >= 15 is 0 Å². The van der Waals surface area contributed by atoms with Gasteiger partial charge in [-0.3, -0.25) is 9.69 Å². The van der Waals surface area contributed by atoms with Crippen molar-refractivity contribution in [2.45, 2.75) is 37.6 Å². The van der Waals surface area contributed by atoms with Crippen LogP contribution in [0, 0.1) is 0 Å². The topological polar surface area (TPSA) is 58.4 Å². The fraction of sp³-hybridized carbons (Fsp3) is 0.529. The van der Waals surface area contributed by atoms with Crippen molar-refractivity contribution in [3.63, 3.8) is 0 Å². The summed E-state index contributed by atoms with van der Waals surface area (Å²) >= 11 is 1.75. The van der Waals surface area contributed by atoms with Gasteiger partial charge in [0.05, 0.1) is 6.04 Å². The maximum Gasteiger partial charge on any atom is 0.273 e. The number of amides is 1. The van der Waals surface area contributed by atoms with Crippen LogP contribution in [-0.2, 0) is 0 Å². The molecule has 1 aliphatic heterocycles. The normalized spacial score (nSPS) is 19.8. The lowest BCUT2D eigenvalue weighted by molar-refractivity contribution is 0.0929. The van der Waals surface area contributed by atoms with Gasteiger partial charge in [-0.05, 0) is 50.2 Å². The number of carbonyl (C=O) groups excluding carboxylic acids is 1. The minimum atomic E-state index is -0.138. The molecule has 1 N–H and O–H groups in total. The van der Waals surface area contributed by atoms with Crippen molar-refractivity contribution in [1.82, 2.24) is 15.4 Å². The largest absolute Gasteiger partial charge is 0.360 e. The van der Waals surface area contributed by atoms with Crippen LogP contribution in [0.1, 0.15) is 58.8 Å². The molecule has 0 bridgehead atoms. The van der Waals surface area contributed by atoms with Crippen LogP contribution < -0.4 is 5.32 Å². The second-order valence-corrected chi connectivity index (χ2v) is 7.35. The fourth-order valence-electron chi connectivity index (χ4n) is 3.18. The quantitative estimate of drug-likeness (QED) is 0.883. The van der Waals surface area contributed by atoms with Gasteiger partial charge in [-0.25, -0.2) is 0 Å². The Balaban J connectivity index is 1.41. The van der Waals surface area contributed by atoms with Gasteiger partial charge >= 0.3 is 0 Å². The average Bonchev–Trinajstić information content (AvgIpc) is 3.06. The first-order valence-electron chi connectivity index (χ1n) is 8.33. The molecule has 122 valence electrons. The Hall–Kier alpha value is -1.66. The third-order valence-corrected chi connectivity index (χ3v) is 5.62. The summed E-state index contributed by atoms with van der Waals surface area (Å²) in [6, 6.07) is 6.28. The van der Waals surface area contributed by atoms with E-state index in [1.165, 1.54) is 17.7 Å². The van der Waals surface area contributed by atoms with E-state index < -0.39 is 0 Å². The molecule has 4 rings (SSSR count). The summed E-state index contributed by atoms with van der Waals surface area (Å²) in [5, 5.41) is 9.05. The number of hydrogen-bond donors (Lipinski definition) is 1. The predicted octanol–water partition coefficient (Wildman–Crippen LogP) is 3.18. The molecular weight excluding hydrogens is 310 g/mol. The van der Waals surface area contributed by atoms with E-state index in [-0.39, 0.29) is 11.9 Å². The van der Waals surface area contributed by atoms with E-state index in [0.717, 1.165) is 31.7 Å². The molecule has 0 radical (unpaired) electrons. The van der Waals surface area contributed by atoms with Gasteiger partial charge in [0.15, 0.2) is 5.69 Å². The van der Waals surface area contributed by atoms with Crippen molar-refractivity contribution in [3.05, 3.63) is 39.9 Å². The summed E-state index contributed by atoms with van der Waals surface area (Å²) in [7, 11) is 0. The highest BCUT2D eigenvalue weighted by Crippen LogP contribution is 2.40. The van der Waals surface area contributed by atoms with E-state index in [1.54, 1.807) is 17.4 Å². The maximum atomic E-state index is 12.3. The summed E-state index contributed by atoms with van der Waals surface area (Å²) < 4.78 is 5.27. The van der Waals surface area contributed by atoms with E-state index in [9.17, 15) is 4.79 Å². The molecule has 3 heterocycles. The van der Waals surface area contributed by atoms with Crippen LogP contribution in [0.2, 0.25) is 0 Å². The van der Waals surface area contributed by atoms with Crippen LogP contribution in [0.4, 0.5) is 0 Å². The van der Waals surface area contributed by atoms with Gasteiger partial charge in [0, 0.05) is 23.4 Å². The molecular formula is C17H21N3O2S. The van der Waals surface area contributed by atoms with Crippen molar-refractivity contribution >= 4 is 17.2 Å². The van der Waals surface area contributed by atoms with Gasteiger partial charge in [0.1, 0.15) is 5.76 Å². The van der Waals surface area contributed by atoms with Gasteiger partial charge in [-0.1, -0.05) is 11.2 Å². The minimum Gasteiger partial charge on any atom is -0.360 e. The van der Waals surface area contributed by atoms with Gasteiger partial charge in [0.2, 0.25) is 0 Å². The second-order valence-electron chi connectivity index (χ2n) is 6.37. The summed E-state index contributed by atoms with van der Waals surface area (Å²) in [6.07, 6.45) is 4.77. The van der Waals surface area contributed by atoms with Crippen LogP contribution in [0.5, 0.6) is 0 Å². The molecule has 0 spiro atoms. The number of likely N-dealkylation sites (tertiary alicyclic amines) is 1. The lowest BCUT2D eigenvalue weighted by atomic mass is 10.2. The summed E-state index contributed by atoms with van der Waals surface area (Å²) in [6.45, 7) is 2.83. The Kier molecular flexibility index (Phi) is 4.18. The third-order valence-electron chi connectivity index (χ3n) is 4.65. The number of carbonyl (C=O) groups is 1. The highest BCUT2D eigenvalue weighted by molar-refractivity contribution is 7.10. The summed E-state index contributed by atoms with van der Waals surface area (Å²) in [5.41, 5.74) is 0.401. The van der Waals surface area contributed by atoms with Gasteiger partial charge in [-0.2, -0.15) is 0 Å². The maximum absolute atomic E-state index is 12.3. The Morgan fingerprint density at radius 2 is 2.26 bits per heavy atom. The van der Waals surface area contributed by atoms with Crippen molar-refractivity contribution < 1.29 is 9.32 Å². The number of aromatic nitrogens is 1. The number of thiophene rings is 1. The second kappa shape index (κ2) is 6.45. The molecule has 1 aliphatic carbocycles. The Labute approximate surface area is 139 Å². The first kappa shape index (κ1) is 14.9. The number of hydrogen-bond acceptors (Lipinski definition) is 5. The molecule has 2 aromatic rings. The monoisotopic (exact) mass is 331 g/mol. The lowest BCUT2D eigenvalue weighted by Crippen LogP contribution is -2.36. The molecule has 1 atom stereocenters. The molecule has 2 aliphatic rings. The predicted molar refractivity (Wildman–Crippen MR) is 88.7 cm³/mol. The van der Waals surface area contributed by atoms with Crippen LogP contribution >= 0.6 is 11.3 Å². The van der Waals surface area contributed by atoms with E-state index in [1.807, 2.05) is 0 Å². The number of rotatable bonds is 6. The number of nitrogens with zero attached hydrogens (tertiary/aromatic N) is 2. The van der Waals surface area contributed by atoms with Crippen LogP contribution in [0.25, 0.3) is 0 Å². The highest BCUT2D eigenvalue weighted by Gasteiger charge is 2.29. The standard InChI is InChI=1S/C17H21N3O2S/c21-17(13-10-15(22-19-13)12-5-6-12)18-11-14(16-4-3-9-23-16)20-7-1-2-8-20/h3-4,9-10,12,14H,1-2,5-8,11H2,(H,18,21). The highest BCUT2D eigenvalue weighted by atomic mass is 32.1. The van der Waals surface area contributed by atoms with E-state index in [2.05, 4.69) is 32.9 Å².